The summed E-state index contributed by atoms with van der Waals surface area (Å²) >= 11 is 5.04. The number of hydrogen-bond donors (Lipinski definition) is 1. The van der Waals surface area contributed by atoms with E-state index in [9.17, 15) is 4.79 Å². The lowest BCUT2D eigenvalue weighted by molar-refractivity contribution is 0.0955. The third-order valence-electron chi connectivity index (χ3n) is 2.66. The summed E-state index contributed by atoms with van der Waals surface area (Å²) in [4.78, 5) is 12.2. The fraction of sp³-hybridized carbons (Fsp3) is 0.308. The van der Waals surface area contributed by atoms with Gasteiger partial charge in [0.15, 0.2) is 5.78 Å². The average Bonchev–Trinajstić information content (AvgIpc) is 2.82. The van der Waals surface area contributed by atoms with Crippen molar-refractivity contribution in [3.8, 4) is 0 Å². The van der Waals surface area contributed by atoms with Gasteiger partial charge >= 0.3 is 0 Å². The molecule has 4 heteroatoms. The summed E-state index contributed by atoms with van der Waals surface area (Å²) in [6.45, 7) is 2.80. The fourth-order valence-electron chi connectivity index (χ4n) is 1.77. The van der Waals surface area contributed by atoms with Crippen LogP contribution in [0.2, 0.25) is 0 Å². The largest absolute Gasteiger partial charge is 0.307 e. The molecule has 0 saturated heterocycles. The minimum absolute atomic E-state index is 0.141. The van der Waals surface area contributed by atoms with Gasteiger partial charge in [-0.1, -0.05) is 35.0 Å². The maximum absolute atomic E-state index is 12.2. The first kappa shape index (κ1) is 12.7. The first-order valence-corrected chi connectivity index (χ1v) is 7.57. The number of nitrogens with one attached hydrogen (secondary N) is 1. The zero-order valence-corrected chi connectivity index (χ0v) is 12.0. The number of benzene rings is 1. The third-order valence-corrected chi connectivity index (χ3v) is 4.19. The van der Waals surface area contributed by atoms with Gasteiger partial charge in [0.1, 0.15) is 0 Å². The maximum Gasteiger partial charge on any atom is 0.180 e. The lowest BCUT2D eigenvalue weighted by Gasteiger charge is -2.13. The molecule has 1 aromatic carbocycles. The minimum atomic E-state index is -0.141. The number of carbonyl (C=O) groups excluding carboxylic acids is 1. The van der Waals surface area contributed by atoms with E-state index in [1.807, 2.05) is 30.5 Å². The SMILES string of the molecule is CCNC(CBr)C(=O)c1ccc2ccsc2c1. The molecule has 1 aromatic heterocycles. The predicted octanol–water partition coefficient (Wildman–Crippen LogP) is 3.46. The van der Waals surface area contributed by atoms with E-state index in [0.717, 1.165) is 12.1 Å². The molecule has 17 heavy (non-hydrogen) atoms. The minimum Gasteiger partial charge on any atom is -0.307 e. The van der Waals surface area contributed by atoms with Crippen LogP contribution in [0.3, 0.4) is 0 Å². The Morgan fingerprint density at radius 1 is 1.47 bits per heavy atom. The summed E-state index contributed by atoms with van der Waals surface area (Å²) in [7, 11) is 0. The molecule has 0 bridgehead atoms. The van der Waals surface area contributed by atoms with E-state index in [1.54, 1.807) is 11.3 Å². The van der Waals surface area contributed by atoms with Gasteiger partial charge in [0.05, 0.1) is 6.04 Å². The summed E-state index contributed by atoms with van der Waals surface area (Å²) in [6.07, 6.45) is 0. The van der Waals surface area contributed by atoms with Gasteiger partial charge in [-0.2, -0.15) is 0 Å². The van der Waals surface area contributed by atoms with Crippen LogP contribution in [-0.4, -0.2) is 23.7 Å². The smallest absolute Gasteiger partial charge is 0.180 e. The fourth-order valence-corrected chi connectivity index (χ4v) is 3.12. The molecule has 0 fully saturated rings. The molecule has 1 unspecified atom stereocenters. The van der Waals surface area contributed by atoms with Gasteiger partial charge in [0, 0.05) is 15.6 Å². The zero-order valence-electron chi connectivity index (χ0n) is 9.57. The van der Waals surface area contributed by atoms with Crippen molar-refractivity contribution in [2.75, 3.05) is 11.9 Å². The highest BCUT2D eigenvalue weighted by atomic mass is 79.9. The van der Waals surface area contributed by atoms with Crippen molar-refractivity contribution in [3.05, 3.63) is 35.2 Å². The highest BCUT2D eigenvalue weighted by Gasteiger charge is 2.17. The van der Waals surface area contributed by atoms with Crippen LogP contribution in [0.5, 0.6) is 0 Å². The van der Waals surface area contributed by atoms with E-state index in [4.69, 9.17) is 0 Å². The lowest BCUT2D eigenvalue weighted by atomic mass is 10.0. The Balaban J connectivity index is 2.28. The first-order valence-electron chi connectivity index (χ1n) is 5.57. The van der Waals surface area contributed by atoms with E-state index in [0.29, 0.717) is 5.33 Å². The molecule has 0 aliphatic carbocycles. The van der Waals surface area contributed by atoms with Crippen LogP contribution in [0.4, 0.5) is 0 Å². The molecule has 0 radical (unpaired) electrons. The molecule has 1 N–H and O–H groups in total. The number of alkyl halides is 1. The monoisotopic (exact) mass is 311 g/mol. The Bertz CT molecular complexity index is 523. The van der Waals surface area contributed by atoms with E-state index in [2.05, 4.69) is 27.3 Å². The second kappa shape index (κ2) is 5.76. The molecular weight excluding hydrogens is 298 g/mol. The summed E-state index contributed by atoms with van der Waals surface area (Å²) in [5.41, 5.74) is 0.783. The number of hydrogen-bond acceptors (Lipinski definition) is 3. The number of rotatable bonds is 5. The van der Waals surface area contributed by atoms with Crippen molar-refractivity contribution in [2.24, 2.45) is 0 Å². The quantitative estimate of drug-likeness (QED) is 0.677. The molecule has 0 spiro atoms. The van der Waals surface area contributed by atoms with Crippen LogP contribution in [0.15, 0.2) is 29.6 Å². The standard InChI is InChI=1S/C13H14BrNOS/c1-2-15-11(8-14)13(16)10-4-3-9-5-6-17-12(9)7-10/h3-7,11,15H,2,8H2,1H3. The molecule has 2 nitrogen and oxygen atoms in total. The number of ketones is 1. The number of Topliss-reactive ketones (excluding diaryl/α,β-unsaturated/α-hetero) is 1. The zero-order chi connectivity index (χ0) is 12.3. The number of likely N-dealkylation sites (N-methyl/N-ethyl adjacent to an activating group) is 1. The Morgan fingerprint density at radius 3 is 3.00 bits per heavy atom. The first-order chi connectivity index (χ1) is 8.26. The summed E-state index contributed by atoms with van der Waals surface area (Å²) in [5, 5.41) is 7.07. The maximum atomic E-state index is 12.2. The molecule has 0 amide bonds. The summed E-state index contributed by atoms with van der Waals surface area (Å²) < 4.78 is 1.17. The summed E-state index contributed by atoms with van der Waals surface area (Å²) in [5.74, 6) is 0.152. The van der Waals surface area contributed by atoms with E-state index in [-0.39, 0.29) is 11.8 Å². The van der Waals surface area contributed by atoms with Crippen molar-refractivity contribution in [3.63, 3.8) is 0 Å². The molecule has 0 aliphatic rings. The number of carbonyl (C=O) groups is 1. The van der Waals surface area contributed by atoms with Crippen LogP contribution in [0, 0.1) is 0 Å². The van der Waals surface area contributed by atoms with Crippen molar-refractivity contribution >= 4 is 43.1 Å². The van der Waals surface area contributed by atoms with Crippen molar-refractivity contribution in [2.45, 2.75) is 13.0 Å². The molecule has 90 valence electrons. The highest BCUT2D eigenvalue weighted by molar-refractivity contribution is 9.09. The molecule has 0 aliphatic heterocycles. The molecule has 1 atom stereocenters. The topological polar surface area (TPSA) is 29.1 Å². The second-order valence-electron chi connectivity index (χ2n) is 3.80. The Labute approximate surface area is 113 Å². The second-order valence-corrected chi connectivity index (χ2v) is 5.40. The summed E-state index contributed by atoms with van der Waals surface area (Å²) in [6, 6.07) is 7.83. The Morgan fingerprint density at radius 2 is 2.29 bits per heavy atom. The van der Waals surface area contributed by atoms with Crippen LogP contribution in [-0.2, 0) is 0 Å². The van der Waals surface area contributed by atoms with Gasteiger partial charge in [0.2, 0.25) is 0 Å². The van der Waals surface area contributed by atoms with Crippen LogP contribution < -0.4 is 5.32 Å². The number of fused-ring (bicyclic) bond motifs is 1. The Hall–Kier alpha value is -0.710. The molecule has 2 rings (SSSR count). The lowest BCUT2D eigenvalue weighted by Crippen LogP contribution is -2.38. The predicted molar refractivity (Wildman–Crippen MR) is 77.4 cm³/mol. The molecule has 1 heterocycles. The van der Waals surface area contributed by atoms with Gasteiger partial charge in [-0.25, -0.2) is 0 Å². The van der Waals surface area contributed by atoms with E-state index < -0.39 is 0 Å². The average molecular weight is 312 g/mol. The van der Waals surface area contributed by atoms with Crippen LogP contribution >= 0.6 is 27.3 Å². The number of halogens is 1. The van der Waals surface area contributed by atoms with E-state index >= 15 is 0 Å². The van der Waals surface area contributed by atoms with Crippen molar-refractivity contribution < 1.29 is 4.79 Å². The third kappa shape index (κ3) is 2.76. The molecule has 2 aromatic rings. The number of thiophene rings is 1. The van der Waals surface area contributed by atoms with Crippen LogP contribution in [0.25, 0.3) is 10.1 Å². The van der Waals surface area contributed by atoms with Crippen molar-refractivity contribution in [1.82, 2.24) is 5.32 Å². The van der Waals surface area contributed by atoms with Gasteiger partial charge in [-0.05, 0) is 29.4 Å². The molecular formula is C13H14BrNOS. The van der Waals surface area contributed by atoms with E-state index in [1.165, 1.54) is 10.1 Å². The highest BCUT2D eigenvalue weighted by Crippen LogP contribution is 2.22. The van der Waals surface area contributed by atoms with Gasteiger partial charge in [0.25, 0.3) is 0 Å². The van der Waals surface area contributed by atoms with Gasteiger partial charge in [-0.3, -0.25) is 4.79 Å². The normalized spacial score (nSPS) is 12.8. The van der Waals surface area contributed by atoms with Crippen LogP contribution in [0.1, 0.15) is 17.3 Å². The Kier molecular flexibility index (Phi) is 4.31. The molecule has 0 saturated carbocycles. The van der Waals surface area contributed by atoms with Gasteiger partial charge in [-0.15, -0.1) is 11.3 Å². The van der Waals surface area contributed by atoms with Gasteiger partial charge < -0.3 is 5.32 Å². The van der Waals surface area contributed by atoms with Crippen molar-refractivity contribution in [1.29, 1.82) is 0 Å².